The average Bonchev–Trinajstić information content (AvgIpc) is 2.24. The van der Waals surface area contributed by atoms with Crippen LogP contribution in [0, 0.1) is 20.8 Å². The van der Waals surface area contributed by atoms with Gasteiger partial charge in [-0.15, -0.1) is 0 Å². The number of nitrogens with two attached hydrogens (primary N) is 1. The molecule has 0 aliphatic carbocycles. The second-order valence-electron chi connectivity index (χ2n) is 4.13. The Hall–Kier alpha value is -2.10. The molecule has 0 aliphatic rings. The van der Waals surface area contributed by atoms with E-state index in [1.807, 2.05) is 32.0 Å². The Morgan fingerprint density at radius 2 is 1.65 bits per heavy atom. The number of benzene rings is 1. The third-order valence-corrected chi connectivity index (χ3v) is 2.79. The van der Waals surface area contributed by atoms with Crippen LogP contribution >= 0.6 is 0 Å². The molecule has 4 nitrogen and oxygen atoms in total. The van der Waals surface area contributed by atoms with Crippen LogP contribution in [0.15, 0.2) is 18.2 Å². The van der Waals surface area contributed by atoms with Crippen molar-refractivity contribution in [3.63, 3.8) is 0 Å². The number of anilines is 1. The van der Waals surface area contributed by atoms with Crippen molar-refractivity contribution in [3.8, 4) is 17.0 Å². The molecule has 3 N–H and O–H groups in total. The maximum absolute atomic E-state index is 10.0. The summed E-state index contributed by atoms with van der Waals surface area (Å²) in [7, 11) is 0. The standard InChI is InChI=1S/C13H15N3O/c1-7-5-4-6-8(2)10(7)11-12(17)9(3)15-13(14)16-11/h4-6,17H,1-3H3,(H2,14,15,16). The highest BCUT2D eigenvalue weighted by Gasteiger charge is 2.15. The van der Waals surface area contributed by atoms with Crippen LogP contribution in [0.25, 0.3) is 11.3 Å². The molecule has 1 aromatic heterocycles. The molecule has 0 atom stereocenters. The van der Waals surface area contributed by atoms with Crippen molar-refractivity contribution in [3.05, 3.63) is 35.0 Å². The minimum Gasteiger partial charge on any atom is -0.504 e. The van der Waals surface area contributed by atoms with Gasteiger partial charge in [0.1, 0.15) is 5.69 Å². The minimum absolute atomic E-state index is 0.0941. The predicted molar refractivity (Wildman–Crippen MR) is 67.8 cm³/mol. The second-order valence-corrected chi connectivity index (χ2v) is 4.13. The fourth-order valence-corrected chi connectivity index (χ4v) is 1.95. The van der Waals surface area contributed by atoms with Crippen molar-refractivity contribution in [1.82, 2.24) is 9.97 Å². The van der Waals surface area contributed by atoms with Crippen LogP contribution in [-0.2, 0) is 0 Å². The van der Waals surface area contributed by atoms with Crippen molar-refractivity contribution < 1.29 is 5.11 Å². The van der Waals surface area contributed by atoms with Crippen molar-refractivity contribution in [2.24, 2.45) is 0 Å². The van der Waals surface area contributed by atoms with Crippen LogP contribution in [0.1, 0.15) is 16.8 Å². The van der Waals surface area contributed by atoms with E-state index in [2.05, 4.69) is 9.97 Å². The molecule has 17 heavy (non-hydrogen) atoms. The minimum atomic E-state index is 0.0941. The molecule has 0 aliphatic heterocycles. The lowest BCUT2D eigenvalue weighted by molar-refractivity contribution is 0.467. The summed E-state index contributed by atoms with van der Waals surface area (Å²) >= 11 is 0. The van der Waals surface area contributed by atoms with Gasteiger partial charge in [0.15, 0.2) is 5.75 Å². The molecule has 0 saturated carbocycles. The maximum atomic E-state index is 10.0. The van der Waals surface area contributed by atoms with E-state index >= 15 is 0 Å². The Morgan fingerprint density at radius 1 is 1.06 bits per heavy atom. The van der Waals surface area contributed by atoms with E-state index in [1.165, 1.54) is 0 Å². The van der Waals surface area contributed by atoms with Gasteiger partial charge in [0.05, 0.1) is 5.69 Å². The van der Waals surface area contributed by atoms with E-state index < -0.39 is 0 Å². The number of aromatic hydroxyl groups is 1. The van der Waals surface area contributed by atoms with Crippen molar-refractivity contribution in [2.75, 3.05) is 5.73 Å². The molecule has 2 aromatic rings. The summed E-state index contributed by atoms with van der Waals surface area (Å²) in [5.41, 5.74) is 9.66. The van der Waals surface area contributed by atoms with Crippen molar-refractivity contribution >= 4 is 5.95 Å². The van der Waals surface area contributed by atoms with E-state index in [0.29, 0.717) is 11.4 Å². The molecule has 0 saturated heterocycles. The zero-order chi connectivity index (χ0) is 12.6. The summed E-state index contributed by atoms with van der Waals surface area (Å²) in [5.74, 6) is 0.273. The Balaban J connectivity index is 2.77. The largest absolute Gasteiger partial charge is 0.504 e. The second kappa shape index (κ2) is 4.05. The van der Waals surface area contributed by atoms with Crippen molar-refractivity contribution in [2.45, 2.75) is 20.8 Å². The van der Waals surface area contributed by atoms with Gasteiger partial charge in [-0.3, -0.25) is 0 Å². The first-order chi connectivity index (χ1) is 8.00. The molecular weight excluding hydrogens is 214 g/mol. The topological polar surface area (TPSA) is 72.0 Å². The molecule has 0 bridgehead atoms. The predicted octanol–water partition coefficient (Wildman–Crippen LogP) is 2.36. The summed E-state index contributed by atoms with van der Waals surface area (Å²) in [6.45, 7) is 5.68. The molecule has 1 heterocycles. The van der Waals surface area contributed by atoms with Gasteiger partial charge in [0.2, 0.25) is 5.95 Å². The number of hydrogen-bond acceptors (Lipinski definition) is 4. The lowest BCUT2D eigenvalue weighted by atomic mass is 9.99. The molecule has 0 unspecified atom stereocenters. The number of nitrogens with zero attached hydrogens (tertiary/aromatic N) is 2. The van der Waals surface area contributed by atoms with Gasteiger partial charge in [0.25, 0.3) is 0 Å². The molecule has 0 amide bonds. The van der Waals surface area contributed by atoms with Gasteiger partial charge in [-0.2, -0.15) is 0 Å². The number of aryl methyl sites for hydroxylation is 3. The SMILES string of the molecule is Cc1cccc(C)c1-c1nc(N)nc(C)c1O. The molecule has 4 heteroatoms. The van der Waals surface area contributed by atoms with E-state index in [9.17, 15) is 5.11 Å². The first-order valence-electron chi connectivity index (χ1n) is 5.40. The lowest BCUT2D eigenvalue weighted by Crippen LogP contribution is -2.01. The zero-order valence-corrected chi connectivity index (χ0v) is 10.2. The highest BCUT2D eigenvalue weighted by atomic mass is 16.3. The monoisotopic (exact) mass is 229 g/mol. The van der Waals surface area contributed by atoms with Gasteiger partial charge in [0, 0.05) is 5.56 Å². The van der Waals surface area contributed by atoms with E-state index in [0.717, 1.165) is 16.7 Å². The van der Waals surface area contributed by atoms with Crippen LogP contribution in [0.3, 0.4) is 0 Å². The molecule has 1 aromatic carbocycles. The molecule has 88 valence electrons. The third-order valence-electron chi connectivity index (χ3n) is 2.79. The Labute approximate surface area is 100 Å². The van der Waals surface area contributed by atoms with Crippen LogP contribution in [-0.4, -0.2) is 15.1 Å². The Morgan fingerprint density at radius 3 is 2.24 bits per heavy atom. The number of nitrogen functional groups attached to an aromatic ring is 1. The number of aromatic nitrogens is 2. The molecule has 0 fully saturated rings. The van der Waals surface area contributed by atoms with Crippen LogP contribution in [0.2, 0.25) is 0 Å². The van der Waals surface area contributed by atoms with Crippen LogP contribution in [0.5, 0.6) is 5.75 Å². The fraction of sp³-hybridized carbons (Fsp3) is 0.231. The third kappa shape index (κ3) is 1.93. The molecule has 2 rings (SSSR count). The van der Waals surface area contributed by atoms with Gasteiger partial charge in [-0.05, 0) is 31.9 Å². The van der Waals surface area contributed by atoms with E-state index in [4.69, 9.17) is 5.73 Å². The van der Waals surface area contributed by atoms with Gasteiger partial charge in [-0.25, -0.2) is 9.97 Å². The van der Waals surface area contributed by atoms with Crippen molar-refractivity contribution in [1.29, 1.82) is 0 Å². The molecule has 0 spiro atoms. The normalized spacial score (nSPS) is 10.5. The summed E-state index contributed by atoms with van der Waals surface area (Å²) in [4.78, 5) is 8.08. The van der Waals surface area contributed by atoms with Gasteiger partial charge >= 0.3 is 0 Å². The lowest BCUT2D eigenvalue weighted by Gasteiger charge is -2.12. The number of rotatable bonds is 1. The van der Waals surface area contributed by atoms with Gasteiger partial charge < -0.3 is 10.8 Å². The zero-order valence-electron chi connectivity index (χ0n) is 10.2. The summed E-state index contributed by atoms with van der Waals surface area (Å²) < 4.78 is 0. The fourth-order valence-electron chi connectivity index (χ4n) is 1.95. The highest BCUT2D eigenvalue weighted by molar-refractivity contribution is 5.73. The van der Waals surface area contributed by atoms with Crippen LogP contribution in [0.4, 0.5) is 5.95 Å². The number of hydrogen-bond donors (Lipinski definition) is 2. The molecular formula is C13H15N3O. The smallest absolute Gasteiger partial charge is 0.221 e. The Bertz CT molecular complexity index is 559. The summed E-state index contributed by atoms with van der Waals surface area (Å²) in [6.07, 6.45) is 0. The van der Waals surface area contributed by atoms with E-state index in [1.54, 1.807) is 6.92 Å². The summed E-state index contributed by atoms with van der Waals surface area (Å²) in [6, 6.07) is 5.94. The first-order valence-corrected chi connectivity index (χ1v) is 5.40. The quantitative estimate of drug-likeness (QED) is 0.787. The highest BCUT2D eigenvalue weighted by Crippen LogP contribution is 2.33. The average molecular weight is 229 g/mol. The summed E-state index contributed by atoms with van der Waals surface area (Å²) in [5, 5.41) is 10.0. The first kappa shape index (κ1) is 11.4. The van der Waals surface area contributed by atoms with E-state index in [-0.39, 0.29) is 11.7 Å². The van der Waals surface area contributed by atoms with Crippen LogP contribution < -0.4 is 5.73 Å². The maximum Gasteiger partial charge on any atom is 0.221 e. The Kier molecular flexibility index (Phi) is 2.71. The molecule has 0 radical (unpaired) electrons. The van der Waals surface area contributed by atoms with Gasteiger partial charge in [-0.1, -0.05) is 18.2 Å².